The fourth-order valence-electron chi connectivity index (χ4n) is 2.20. The minimum absolute atomic E-state index is 0.0168. The summed E-state index contributed by atoms with van der Waals surface area (Å²) >= 11 is 12.0. The lowest BCUT2D eigenvalue weighted by Gasteiger charge is -2.18. The summed E-state index contributed by atoms with van der Waals surface area (Å²) in [5.41, 5.74) is 2.52. The van der Waals surface area contributed by atoms with Gasteiger partial charge in [0.05, 0.1) is 22.7 Å². The van der Waals surface area contributed by atoms with E-state index >= 15 is 0 Å². The lowest BCUT2D eigenvalue weighted by Crippen LogP contribution is -2.38. The number of ether oxygens (including phenoxy) is 1. The number of carbonyl (C=O) groups is 1. The van der Waals surface area contributed by atoms with Gasteiger partial charge in [-0.2, -0.15) is 5.26 Å². The Morgan fingerprint density at radius 2 is 1.97 bits per heavy atom. The third kappa shape index (κ3) is 8.57. The zero-order valence-electron chi connectivity index (χ0n) is 16.7. The average Bonchev–Trinajstić information content (AvgIpc) is 2.69. The van der Waals surface area contributed by atoms with E-state index in [9.17, 15) is 4.79 Å². The molecule has 9 heteroatoms. The van der Waals surface area contributed by atoms with Crippen LogP contribution in [0.1, 0.15) is 26.3 Å². The monoisotopic (exact) mass is 437 g/mol. The standard InChI is InChI=1S/C20H25Cl2N5O2/c1-13(2)19(26-12-15-4-5-16(21)17(22)10-15)27-20(28)18(14(3)11-24)25-7-9-29-8-6-23/h4-5,10-11,24-26H,7-9,12H2,1-3H3,(H,27,28)/b18-14-,24-11?. The second-order valence-electron chi connectivity index (χ2n) is 6.27. The molecule has 0 fully saturated rings. The number of nitrogens with zero attached hydrogens (tertiary/aromatic N) is 1. The highest BCUT2D eigenvalue weighted by atomic mass is 35.5. The summed E-state index contributed by atoms with van der Waals surface area (Å²) < 4.78 is 5.07. The highest BCUT2D eigenvalue weighted by molar-refractivity contribution is 6.42. The molecule has 1 aromatic rings. The third-order valence-electron chi connectivity index (χ3n) is 3.74. The maximum atomic E-state index is 12.7. The molecule has 0 bridgehead atoms. The maximum Gasteiger partial charge on any atom is 0.273 e. The van der Waals surface area contributed by atoms with Crippen LogP contribution in [0, 0.1) is 16.7 Å². The Bertz CT molecular complexity index is 840. The fraction of sp³-hybridized carbons (Fsp3) is 0.350. The van der Waals surface area contributed by atoms with Gasteiger partial charge in [0.2, 0.25) is 0 Å². The van der Waals surface area contributed by atoms with Crippen molar-refractivity contribution < 1.29 is 9.53 Å². The summed E-state index contributed by atoms with van der Waals surface area (Å²) in [4.78, 5) is 12.7. The summed E-state index contributed by atoms with van der Waals surface area (Å²) in [6.07, 6.45) is 1.10. The van der Waals surface area contributed by atoms with Crippen molar-refractivity contribution in [1.29, 1.82) is 10.7 Å². The van der Waals surface area contributed by atoms with Crippen molar-refractivity contribution in [2.45, 2.75) is 27.3 Å². The van der Waals surface area contributed by atoms with Crippen LogP contribution in [0.4, 0.5) is 0 Å². The Kier molecular flexibility index (Phi) is 10.8. The van der Waals surface area contributed by atoms with Crippen molar-refractivity contribution in [2.24, 2.45) is 0 Å². The Balaban J connectivity index is 2.80. The molecular weight excluding hydrogens is 413 g/mol. The number of rotatable bonds is 11. The topological polar surface area (TPSA) is 110 Å². The van der Waals surface area contributed by atoms with Gasteiger partial charge >= 0.3 is 0 Å². The van der Waals surface area contributed by atoms with E-state index in [1.54, 1.807) is 19.1 Å². The van der Waals surface area contributed by atoms with Gasteiger partial charge in [0.15, 0.2) is 0 Å². The molecule has 1 amide bonds. The molecule has 0 atom stereocenters. The third-order valence-corrected chi connectivity index (χ3v) is 4.48. The molecule has 0 unspecified atom stereocenters. The molecule has 0 saturated heterocycles. The Morgan fingerprint density at radius 1 is 1.24 bits per heavy atom. The van der Waals surface area contributed by atoms with Crippen molar-refractivity contribution in [3.05, 3.63) is 56.5 Å². The van der Waals surface area contributed by atoms with Gasteiger partial charge in [-0.05, 0) is 49.6 Å². The molecule has 0 radical (unpaired) electrons. The van der Waals surface area contributed by atoms with E-state index in [2.05, 4.69) is 16.0 Å². The van der Waals surface area contributed by atoms with Crippen LogP contribution in [0.2, 0.25) is 10.0 Å². The van der Waals surface area contributed by atoms with E-state index in [0.29, 0.717) is 34.5 Å². The number of benzene rings is 1. The number of hydrogen-bond donors (Lipinski definition) is 4. The normalized spacial score (nSPS) is 11.0. The Hall–Kier alpha value is -2.53. The van der Waals surface area contributed by atoms with E-state index in [1.165, 1.54) is 0 Å². The van der Waals surface area contributed by atoms with Crippen LogP contribution < -0.4 is 16.0 Å². The molecule has 156 valence electrons. The van der Waals surface area contributed by atoms with Crippen LogP contribution in [0.15, 0.2) is 40.9 Å². The van der Waals surface area contributed by atoms with Gasteiger partial charge in [-0.15, -0.1) is 0 Å². The summed E-state index contributed by atoms with van der Waals surface area (Å²) in [6, 6.07) is 7.20. The van der Waals surface area contributed by atoms with Gasteiger partial charge in [0, 0.05) is 19.3 Å². The Labute approximate surface area is 181 Å². The largest absolute Gasteiger partial charge is 0.378 e. The number of amides is 1. The molecule has 0 heterocycles. The van der Waals surface area contributed by atoms with E-state index in [4.69, 9.17) is 38.6 Å². The molecule has 0 aliphatic carbocycles. The van der Waals surface area contributed by atoms with Crippen LogP contribution in [0.5, 0.6) is 0 Å². The minimum atomic E-state index is -0.385. The van der Waals surface area contributed by atoms with Crippen LogP contribution >= 0.6 is 23.2 Å². The first-order valence-electron chi connectivity index (χ1n) is 8.86. The minimum Gasteiger partial charge on any atom is -0.378 e. The molecule has 1 rings (SSSR count). The van der Waals surface area contributed by atoms with E-state index < -0.39 is 0 Å². The zero-order valence-corrected chi connectivity index (χ0v) is 18.2. The number of hydrogen-bond acceptors (Lipinski definition) is 6. The molecule has 1 aromatic carbocycles. The van der Waals surface area contributed by atoms with Gasteiger partial charge in [0.25, 0.3) is 5.91 Å². The summed E-state index contributed by atoms with van der Waals surface area (Å²) in [5.74, 6) is 0.169. The predicted octanol–water partition coefficient (Wildman–Crippen LogP) is 3.50. The van der Waals surface area contributed by atoms with Crippen molar-refractivity contribution in [3.63, 3.8) is 0 Å². The van der Waals surface area contributed by atoms with E-state index in [1.807, 2.05) is 26.0 Å². The maximum absolute atomic E-state index is 12.7. The van der Waals surface area contributed by atoms with Gasteiger partial charge in [0.1, 0.15) is 18.1 Å². The van der Waals surface area contributed by atoms with Gasteiger partial charge in [-0.1, -0.05) is 29.3 Å². The van der Waals surface area contributed by atoms with Crippen LogP contribution in [-0.2, 0) is 16.1 Å². The molecule has 7 nitrogen and oxygen atoms in total. The molecule has 0 saturated carbocycles. The van der Waals surface area contributed by atoms with Crippen molar-refractivity contribution in [3.8, 4) is 6.07 Å². The number of carbonyl (C=O) groups excluding carboxylic acids is 1. The molecule has 0 aromatic heterocycles. The van der Waals surface area contributed by atoms with Gasteiger partial charge in [-0.25, -0.2) is 0 Å². The van der Waals surface area contributed by atoms with E-state index in [-0.39, 0.29) is 24.8 Å². The van der Waals surface area contributed by atoms with Crippen LogP contribution in [0.3, 0.4) is 0 Å². The zero-order chi connectivity index (χ0) is 21.8. The molecule has 0 aliphatic heterocycles. The molecular formula is C20H25Cl2N5O2. The second-order valence-corrected chi connectivity index (χ2v) is 7.09. The number of allylic oxidation sites excluding steroid dienone is 2. The molecule has 29 heavy (non-hydrogen) atoms. The first kappa shape index (κ1) is 24.5. The smallest absolute Gasteiger partial charge is 0.273 e. The summed E-state index contributed by atoms with van der Waals surface area (Å²) in [6.45, 7) is 6.42. The number of nitriles is 1. The summed E-state index contributed by atoms with van der Waals surface area (Å²) in [5, 5.41) is 25.8. The number of halogens is 2. The van der Waals surface area contributed by atoms with Gasteiger partial charge < -0.3 is 26.1 Å². The Morgan fingerprint density at radius 3 is 2.55 bits per heavy atom. The highest BCUT2D eigenvalue weighted by Gasteiger charge is 2.14. The van der Waals surface area contributed by atoms with E-state index in [0.717, 1.165) is 17.4 Å². The summed E-state index contributed by atoms with van der Waals surface area (Å²) in [7, 11) is 0. The van der Waals surface area contributed by atoms with Crippen molar-refractivity contribution in [2.75, 3.05) is 19.8 Å². The lowest BCUT2D eigenvalue weighted by molar-refractivity contribution is -0.117. The number of nitrogens with one attached hydrogen (secondary N) is 4. The van der Waals surface area contributed by atoms with Crippen molar-refractivity contribution in [1.82, 2.24) is 16.0 Å². The first-order valence-corrected chi connectivity index (χ1v) is 9.62. The predicted molar refractivity (Wildman–Crippen MR) is 116 cm³/mol. The van der Waals surface area contributed by atoms with Crippen LogP contribution in [0.25, 0.3) is 0 Å². The lowest BCUT2D eigenvalue weighted by atomic mass is 10.2. The van der Waals surface area contributed by atoms with Gasteiger partial charge in [-0.3, -0.25) is 4.79 Å². The quantitative estimate of drug-likeness (QED) is 0.240. The average molecular weight is 438 g/mol. The fourth-order valence-corrected chi connectivity index (χ4v) is 2.52. The second kappa shape index (κ2) is 12.8. The van der Waals surface area contributed by atoms with Crippen molar-refractivity contribution >= 4 is 35.3 Å². The highest BCUT2D eigenvalue weighted by Crippen LogP contribution is 2.22. The SMILES string of the molecule is CC(C)=C(NCc1ccc(Cl)c(Cl)c1)NC(=O)/C(NCCOCC#N)=C(\C)C=N. The first-order chi connectivity index (χ1) is 13.8. The molecule has 0 spiro atoms. The van der Waals surface area contributed by atoms with Crippen LogP contribution in [-0.4, -0.2) is 31.9 Å². The molecule has 4 N–H and O–H groups in total. The molecule has 0 aliphatic rings.